The second-order valence-electron chi connectivity index (χ2n) is 6.60. The van der Waals surface area contributed by atoms with E-state index in [1.165, 1.54) is 6.07 Å². The summed E-state index contributed by atoms with van der Waals surface area (Å²) >= 11 is 0. The fraction of sp³-hybridized carbons (Fsp3) is 0.273. The monoisotopic (exact) mass is 396 g/mol. The number of carbonyl (C=O) groups excluding carboxylic acids is 2. The van der Waals surface area contributed by atoms with Gasteiger partial charge in [0.1, 0.15) is 0 Å². The van der Waals surface area contributed by atoms with Crippen LogP contribution in [0.1, 0.15) is 31.0 Å². The highest BCUT2D eigenvalue weighted by Crippen LogP contribution is 2.34. The molecule has 0 saturated heterocycles. The van der Waals surface area contributed by atoms with Crippen LogP contribution in [0.15, 0.2) is 59.8 Å². The van der Waals surface area contributed by atoms with Crippen molar-refractivity contribution in [3.63, 3.8) is 0 Å². The number of urea groups is 1. The lowest BCUT2D eigenvalue weighted by atomic mass is 9.95. The molecular weight excluding hydrogens is 372 g/mol. The van der Waals surface area contributed by atoms with Gasteiger partial charge in [0.25, 0.3) is 0 Å². The fourth-order valence-electron chi connectivity index (χ4n) is 3.18. The molecule has 0 bridgehead atoms. The Morgan fingerprint density at radius 1 is 1.17 bits per heavy atom. The second-order valence-corrected chi connectivity index (χ2v) is 6.60. The molecule has 0 radical (unpaired) electrons. The molecule has 2 aromatic carbocycles. The summed E-state index contributed by atoms with van der Waals surface area (Å²) in [5, 5.41) is 15.3. The number of allylic oxidation sites excluding steroid dienone is 1. The van der Waals surface area contributed by atoms with Gasteiger partial charge in [-0.15, -0.1) is 0 Å². The van der Waals surface area contributed by atoms with Gasteiger partial charge in [0, 0.05) is 12.1 Å². The highest BCUT2D eigenvalue weighted by Gasteiger charge is 2.32. The first-order chi connectivity index (χ1) is 14.0. The van der Waals surface area contributed by atoms with Crippen molar-refractivity contribution in [1.29, 1.82) is 0 Å². The number of ether oxygens (including phenoxy) is 2. The lowest BCUT2D eigenvalue weighted by Gasteiger charge is -2.28. The number of amides is 2. The quantitative estimate of drug-likeness (QED) is 0.625. The standard InChI is InChI=1S/C22H24N2O5/c1-3-28-18-13-16(9-10-17(18)25)20-19(14(2)23-22(27)24-20)21(26)29-12-11-15-7-5-4-6-8-15/h4-10,13,20,25H,3,11-12H2,1-2H3,(H2,23,24,27)/t20-/m1/s1. The van der Waals surface area contributed by atoms with Gasteiger partial charge < -0.3 is 25.2 Å². The minimum Gasteiger partial charge on any atom is -0.504 e. The molecule has 1 aliphatic rings. The molecule has 1 heterocycles. The molecule has 7 heteroatoms. The SMILES string of the molecule is CCOc1cc([C@H]2NC(=O)NC(C)=C2C(=O)OCCc2ccccc2)ccc1O. The number of nitrogens with one attached hydrogen (secondary N) is 2. The molecule has 0 aliphatic carbocycles. The van der Waals surface area contributed by atoms with Gasteiger partial charge in [-0.2, -0.15) is 0 Å². The van der Waals surface area contributed by atoms with E-state index in [-0.39, 0.29) is 18.1 Å². The summed E-state index contributed by atoms with van der Waals surface area (Å²) < 4.78 is 10.9. The van der Waals surface area contributed by atoms with Crippen molar-refractivity contribution in [3.8, 4) is 11.5 Å². The van der Waals surface area contributed by atoms with Crippen molar-refractivity contribution in [3.05, 3.63) is 70.9 Å². The highest BCUT2D eigenvalue weighted by molar-refractivity contribution is 5.95. The zero-order valence-electron chi connectivity index (χ0n) is 16.4. The summed E-state index contributed by atoms with van der Waals surface area (Å²) in [5.41, 5.74) is 2.41. The largest absolute Gasteiger partial charge is 0.504 e. The van der Waals surface area contributed by atoms with Crippen LogP contribution in [-0.4, -0.2) is 30.3 Å². The molecule has 2 aromatic rings. The smallest absolute Gasteiger partial charge is 0.338 e. The Morgan fingerprint density at radius 2 is 1.93 bits per heavy atom. The third kappa shape index (κ3) is 4.87. The van der Waals surface area contributed by atoms with Crippen LogP contribution in [0.5, 0.6) is 11.5 Å². The number of esters is 1. The maximum absolute atomic E-state index is 12.8. The van der Waals surface area contributed by atoms with Crippen LogP contribution in [0.2, 0.25) is 0 Å². The first-order valence-electron chi connectivity index (χ1n) is 9.44. The highest BCUT2D eigenvalue weighted by atomic mass is 16.5. The molecule has 152 valence electrons. The van der Waals surface area contributed by atoms with Crippen molar-refractivity contribution in [2.75, 3.05) is 13.2 Å². The van der Waals surface area contributed by atoms with Gasteiger partial charge >= 0.3 is 12.0 Å². The molecular formula is C22H24N2O5. The fourth-order valence-corrected chi connectivity index (χ4v) is 3.18. The van der Waals surface area contributed by atoms with Crippen molar-refractivity contribution >= 4 is 12.0 Å². The molecule has 0 fully saturated rings. The Morgan fingerprint density at radius 3 is 2.66 bits per heavy atom. The molecule has 3 N–H and O–H groups in total. The van der Waals surface area contributed by atoms with Crippen LogP contribution >= 0.6 is 0 Å². The van der Waals surface area contributed by atoms with E-state index >= 15 is 0 Å². The van der Waals surface area contributed by atoms with E-state index in [2.05, 4.69) is 10.6 Å². The van der Waals surface area contributed by atoms with Gasteiger partial charge in [0.05, 0.1) is 24.8 Å². The van der Waals surface area contributed by atoms with Gasteiger partial charge in [-0.25, -0.2) is 9.59 Å². The Labute approximate surface area is 169 Å². The van der Waals surface area contributed by atoms with Crippen LogP contribution < -0.4 is 15.4 Å². The number of hydrogen-bond donors (Lipinski definition) is 3. The lowest BCUT2D eigenvalue weighted by Crippen LogP contribution is -2.45. The Balaban J connectivity index is 1.80. The molecule has 1 atom stereocenters. The Bertz CT molecular complexity index is 924. The summed E-state index contributed by atoms with van der Waals surface area (Å²) in [4.78, 5) is 24.8. The summed E-state index contributed by atoms with van der Waals surface area (Å²) in [6, 6.07) is 13.3. The summed E-state index contributed by atoms with van der Waals surface area (Å²) in [6.45, 7) is 4.06. The zero-order chi connectivity index (χ0) is 20.8. The minimum atomic E-state index is -0.715. The lowest BCUT2D eigenvalue weighted by molar-refractivity contribution is -0.139. The first kappa shape index (κ1) is 20.3. The number of phenolic OH excluding ortho intramolecular Hbond substituents is 1. The molecule has 0 saturated carbocycles. The average Bonchev–Trinajstić information content (AvgIpc) is 2.70. The van der Waals surface area contributed by atoms with E-state index in [1.54, 1.807) is 26.0 Å². The van der Waals surface area contributed by atoms with E-state index in [4.69, 9.17) is 9.47 Å². The average molecular weight is 396 g/mol. The Hall–Kier alpha value is -3.48. The number of carbonyl (C=O) groups is 2. The van der Waals surface area contributed by atoms with E-state index in [9.17, 15) is 14.7 Å². The number of hydrogen-bond acceptors (Lipinski definition) is 5. The number of phenols is 1. The topological polar surface area (TPSA) is 96.9 Å². The molecule has 1 aliphatic heterocycles. The van der Waals surface area contributed by atoms with Gasteiger partial charge in [-0.05, 0) is 37.1 Å². The zero-order valence-corrected chi connectivity index (χ0v) is 16.4. The van der Waals surface area contributed by atoms with Crippen LogP contribution in [0.4, 0.5) is 4.79 Å². The molecule has 3 rings (SSSR count). The molecule has 0 aromatic heterocycles. The van der Waals surface area contributed by atoms with E-state index in [0.29, 0.717) is 29.9 Å². The number of rotatable bonds is 7. The molecule has 0 spiro atoms. The predicted octanol–water partition coefficient (Wildman–Crippen LogP) is 3.20. The van der Waals surface area contributed by atoms with E-state index in [1.807, 2.05) is 30.3 Å². The van der Waals surface area contributed by atoms with Crippen molar-refractivity contribution in [2.45, 2.75) is 26.3 Å². The van der Waals surface area contributed by atoms with Gasteiger partial charge in [0.2, 0.25) is 0 Å². The molecule has 2 amide bonds. The molecule has 29 heavy (non-hydrogen) atoms. The molecule has 0 unspecified atom stereocenters. The van der Waals surface area contributed by atoms with Crippen molar-refractivity contribution in [1.82, 2.24) is 10.6 Å². The number of benzene rings is 2. The summed E-state index contributed by atoms with van der Waals surface area (Å²) in [5.74, 6) is -0.238. The predicted molar refractivity (Wildman–Crippen MR) is 107 cm³/mol. The van der Waals surface area contributed by atoms with Crippen LogP contribution in [-0.2, 0) is 16.0 Å². The van der Waals surface area contributed by atoms with E-state index < -0.39 is 18.0 Å². The first-order valence-corrected chi connectivity index (χ1v) is 9.44. The van der Waals surface area contributed by atoms with Gasteiger partial charge in [-0.1, -0.05) is 36.4 Å². The summed E-state index contributed by atoms with van der Waals surface area (Å²) in [7, 11) is 0. The third-order valence-electron chi connectivity index (χ3n) is 4.57. The van der Waals surface area contributed by atoms with Crippen molar-refractivity contribution in [2.24, 2.45) is 0 Å². The van der Waals surface area contributed by atoms with Crippen molar-refractivity contribution < 1.29 is 24.2 Å². The third-order valence-corrected chi connectivity index (χ3v) is 4.57. The maximum atomic E-state index is 12.8. The number of aromatic hydroxyl groups is 1. The van der Waals surface area contributed by atoms with E-state index in [0.717, 1.165) is 5.56 Å². The maximum Gasteiger partial charge on any atom is 0.338 e. The molecule has 7 nitrogen and oxygen atoms in total. The van der Waals surface area contributed by atoms with Crippen LogP contribution in [0.3, 0.4) is 0 Å². The Kier molecular flexibility index (Phi) is 6.39. The van der Waals surface area contributed by atoms with Gasteiger partial charge in [-0.3, -0.25) is 0 Å². The second kappa shape index (κ2) is 9.14. The van der Waals surface area contributed by atoms with Gasteiger partial charge in [0.15, 0.2) is 11.5 Å². The minimum absolute atomic E-state index is 0.0106. The van der Waals surface area contributed by atoms with Crippen LogP contribution in [0.25, 0.3) is 0 Å². The summed E-state index contributed by atoms with van der Waals surface area (Å²) in [6.07, 6.45) is 0.594. The normalized spacial score (nSPS) is 16.1. The van der Waals surface area contributed by atoms with Crippen LogP contribution in [0, 0.1) is 0 Å².